The van der Waals surface area contributed by atoms with Crippen LogP contribution in [0.3, 0.4) is 0 Å². The maximum atomic E-state index is 13.4. The maximum Gasteiger partial charge on any atom is 0.254 e. The van der Waals surface area contributed by atoms with Crippen molar-refractivity contribution in [2.24, 2.45) is 0 Å². The molecule has 3 rings (SSSR count). The monoisotopic (exact) mass is 472 g/mol. The summed E-state index contributed by atoms with van der Waals surface area (Å²) in [6, 6.07) is 17.6. The summed E-state index contributed by atoms with van der Waals surface area (Å²) in [7, 11) is -2.06. The Bertz CT molecular complexity index is 1150. The van der Waals surface area contributed by atoms with E-state index in [4.69, 9.17) is 4.74 Å². The first kappa shape index (κ1) is 24.0. The molecule has 0 unspecified atom stereocenters. The lowest BCUT2D eigenvalue weighted by Gasteiger charge is -2.24. The molecular weight excluding hydrogens is 444 g/mol. The van der Waals surface area contributed by atoms with Crippen LogP contribution in [0.1, 0.15) is 41.6 Å². The van der Waals surface area contributed by atoms with Gasteiger partial charge >= 0.3 is 0 Å². The molecule has 0 fully saturated rings. The molecule has 2 aromatic carbocycles. The molecule has 32 heavy (non-hydrogen) atoms. The molecule has 6 nitrogen and oxygen atoms in total. The second-order valence-electron chi connectivity index (χ2n) is 8.43. The number of methoxy groups -OCH3 is 1. The number of carbonyl (C=O) groups excluding carboxylic acids is 1. The number of thiophene rings is 1. The number of rotatable bonds is 8. The Labute approximate surface area is 193 Å². The van der Waals surface area contributed by atoms with Crippen molar-refractivity contribution in [3.05, 3.63) is 82.0 Å². The quantitative estimate of drug-likeness (QED) is 0.517. The van der Waals surface area contributed by atoms with Gasteiger partial charge in [-0.1, -0.05) is 24.3 Å². The fraction of sp³-hybridized carbons (Fsp3) is 0.292. The van der Waals surface area contributed by atoms with Gasteiger partial charge in [-0.2, -0.15) is 0 Å². The zero-order valence-corrected chi connectivity index (χ0v) is 20.3. The average molecular weight is 473 g/mol. The minimum absolute atomic E-state index is 0.124. The smallest absolute Gasteiger partial charge is 0.254 e. The highest BCUT2D eigenvalue weighted by atomic mass is 32.2. The Morgan fingerprint density at radius 2 is 1.69 bits per heavy atom. The Morgan fingerprint density at radius 3 is 2.28 bits per heavy atom. The van der Waals surface area contributed by atoms with Gasteiger partial charge in [0.15, 0.2) is 0 Å². The van der Waals surface area contributed by atoms with Gasteiger partial charge in [0.05, 0.1) is 25.1 Å². The van der Waals surface area contributed by atoms with Gasteiger partial charge < -0.3 is 9.64 Å². The van der Waals surface area contributed by atoms with E-state index in [1.165, 1.54) is 12.1 Å². The number of amides is 1. The summed E-state index contributed by atoms with van der Waals surface area (Å²) in [5.74, 6) is 0.531. The minimum atomic E-state index is -3.67. The van der Waals surface area contributed by atoms with Crippen LogP contribution >= 0.6 is 11.3 Å². The second kappa shape index (κ2) is 9.85. The molecule has 1 heterocycles. The summed E-state index contributed by atoms with van der Waals surface area (Å²) in [6.07, 6.45) is 0. The molecule has 0 aliphatic heterocycles. The van der Waals surface area contributed by atoms with Crippen LogP contribution < -0.4 is 9.46 Å². The average Bonchev–Trinajstić information content (AvgIpc) is 3.25. The standard InChI is InChI=1S/C24H28N2O4S2/c1-24(2,3)25-32(28,29)21-13-11-18(12-14-21)23(27)26(17-20-9-7-15-31-20)16-19-8-5-6-10-22(19)30-4/h5-15,25H,16-17H2,1-4H3. The largest absolute Gasteiger partial charge is 0.496 e. The molecule has 0 aliphatic carbocycles. The molecule has 0 bridgehead atoms. The van der Waals surface area contributed by atoms with Crippen LogP contribution in [0.25, 0.3) is 0 Å². The summed E-state index contributed by atoms with van der Waals surface area (Å²) in [4.78, 5) is 16.3. The van der Waals surface area contributed by atoms with E-state index >= 15 is 0 Å². The van der Waals surface area contributed by atoms with Gasteiger partial charge in [-0.25, -0.2) is 13.1 Å². The first-order valence-electron chi connectivity index (χ1n) is 10.2. The molecule has 0 radical (unpaired) electrons. The predicted molar refractivity (Wildman–Crippen MR) is 127 cm³/mol. The molecule has 1 amide bonds. The molecule has 1 aromatic heterocycles. The first-order valence-corrected chi connectivity index (χ1v) is 12.5. The highest BCUT2D eigenvalue weighted by Gasteiger charge is 2.23. The van der Waals surface area contributed by atoms with Crippen LogP contribution in [0, 0.1) is 0 Å². The molecule has 0 saturated carbocycles. The topological polar surface area (TPSA) is 75.7 Å². The van der Waals surface area contributed by atoms with E-state index in [0.717, 1.165) is 10.4 Å². The molecule has 0 aliphatic rings. The lowest BCUT2D eigenvalue weighted by molar-refractivity contribution is 0.0730. The van der Waals surface area contributed by atoms with E-state index in [1.807, 2.05) is 41.8 Å². The fourth-order valence-corrected chi connectivity index (χ4v) is 5.39. The molecule has 1 N–H and O–H groups in total. The minimum Gasteiger partial charge on any atom is -0.496 e. The van der Waals surface area contributed by atoms with Gasteiger partial charge in [-0.3, -0.25) is 4.79 Å². The van der Waals surface area contributed by atoms with E-state index in [1.54, 1.807) is 56.3 Å². The number of ether oxygens (including phenoxy) is 1. The Kier molecular flexibility index (Phi) is 7.38. The number of para-hydroxylation sites is 1. The Balaban J connectivity index is 1.87. The van der Waals surface area contributed by atoms with E-state index in [-0.39, 0.29) is 10.8 Å². The van der Waals surface area contributed by atoms with Crippen molar-refractivity contribution < 1.29 is 17.9 Å². The van der Waals surface area contributed by atoms with Crippen molar-refractivity contribution in [1.29, 1.82) is 0 Å². The first-order chi connectivity index (χ1) is 15.1. The van der Waals surface area contributed by atoms with Crippen molar-refractivity contribution in [2.75, 3.05) is 7.11 Å². The number of benzene rings is 2. The predicted octanol–water partition coefficient (Wildman–Crippen LogP) is 4.68. The molecule has 3 aromatic rings. The molecule has 0 atom stereocenters. The summed E-state index contributed by atoms with van der Waals surface area (Å²) >= 11 is 1.58. The van der Waals surface area contributed by atoms with Gasteiger partial charge in [-0.15, -0.1) is 11.3 Å². The van der Waals surface area contributed by atoms with Crippen LogP contribution in [-0.4, -0.2) is 31.9 Å². The van der Waals surface area contributed by atoms with Crippen molar-refractivity contribution >= 4 is 27.3 Å². The number of nitrogens with one attached hydrogen (secondary N) is 1. The van der Waals surface area contributed by atoms with Gasteiger partial charge in [-0.05, 0) is 62.5 Å². The third-order valence-corrected chi connectivity index (χ3v) is 7.25. The van der Waals surface area contributed by atoms with Crippen LogP contribution in [0.2, 0.25) is 0 Å². The van der Waals surface area contributed by atoms with E-state index in [9.17, 15) is 13.2 Å². The maximum absolute atomic E-state index is 13.4. The Hall–Kier alpha value is -2.68. The summed E-state index contributed by atoms with van der Waals surface area (Å²) < 4.78 is 33.2. The third-order valence-electron chi connectivity index (χ3n) is 4.62. The molecule has 8 heteroatoms. The van der Waals surface area contributed by atoms with Gasteiger partial charge in [0.2, 0.25) is 10.0 Å². The number of nitrogens with zero attached hydrogens (tertiary/aromatic N) is 1. The zero-order chi connectivity index (χ0) is 23.4. The van der Waals surface area contributed by atoms with Crippen LogP contribution in [-0.2, 0) is 23.1 Å². The highest BCUT2D eigenvalue weighted by molar-refractivity contribution is 7.89. The summed E-state index contributed by atoms with van der Waals surface area (Å²) in [6.45, 7) is 6.15. The zero-order valence-electron chi connectivity index (χ0n) is 18.7. The Morgan fingerprint density at radius 1 is 1.00 bits per heavy atom. The number of hydrogen-bond acceptors (Lipinski definition) is 5. The van der Waals surface area contributed by atoms with E-state index < -0.39 is 15.6 Å². The normalized spacial score (nSPS) is 11.9. The summed E-state index contributed by atoms with van der Waals surface area (Å²) in [5, 5.41) is 1.98. The summed E-state index contributed by atoms with van der Waals surface area (Å²) in [5.41, 5.74) is 0.721. The third kappa shape index (κ3) is 6.18. The van der Waals surface area contributed by atoms with Crippen LogP contribution in [0.5, 0.6) is 5.75 Å². The second-order valence-corrected chi connectivity index (χ2v) is 11.1. The van der Waals surface area contributed by atoms with Crippen molar-refractivity contribution in [3.63, 3.8) is 0 Å². The molecule has 170 valence electrons. The van der Waals surface area contributed by atoms with Gasteiger partial charge in [0.1, 0.15) is 5.75 Å². The van der Waals surface area contributed by atoms with Crippen molar-refractivity contribution in [2.45, 2.75) is 44.3 Å². The van der Waals surface area contributed by atoms with Gasteiger partial charge in [0, 0.05) is 21.5 Å². The highest BCUT2D eigenvalue weighted by Crippen LogP contribution is 2.23. The molecule has 0 saturated heterocycles. The van der Waals surface area contributed by atoms with Gasteiger partial charge in [0.25, 0.3) is 5.91 Å². The van der Waals surface area contributed by atoms with Crippen molar-refractivity contribution in [1.82, 2.24) is 9.62 Å². The van der Waals surface area contributed by atoms with E-state index in [2.05, 4.69) is 4.72 Å². The lowest BCUT2D eigenvalue weighted by atomic mass is 10.1. The number of hydrogen-bond donors (Lipinski definition) is 1. The fourth-order valence-electron chi connectivity index (χ4n) is 3.25. The van der Waals surface area contributed by atoms with Crippen molar-refractivity contribution in [3.8, 4) is 5.75 Å². The van der Waals surface area contributed by atoms with Crippen LogP contribution in [0.15, 0.2) is 70.9 Å². The SMILES string of the molecule is COc1ccccc1CN(Cc1cccs1)C(=O)c1ccc(S(=O)(=O)NC(C)(C)C)cc1. The lowest BCUT2D eigenvalue weighted by Crippen LogP contribution is -2.40. The van der Waals surface area contributed by atoms with Crippen LogP contribution in [0.4, 0.5) is 0 Å². The molecule has 0 spiro atoms. The van der Waals surface area contributed by atoms with E-state index in [0.29, 0.717) is 24.4 Å². The number of sulfonamides is 1. The molecular formula is C24H28N2O4S2. The number of carbonyl (C=O) groups is 1.